The van der Waals surface area contributed by atoms with Crippen LogP contribution in [0.4, 0.5) is 0 Å². The average Bonchev–Trinajstić information content (AvgIpc) is 2.10. The average molecular weight is 200 g/mol. The highest BCUT2D eigenvalue weighted by Gasteiger charge is 2.51. The van der Waals surface area contributed by atoms with Gasteiger partial charge in [0.2, 0.25) is 0 Å². The topological polar surface area (TPSA) is 74.6 Å². The van der Waals surface area contributed by atoms with Gasteiger partial charge in [0.1, 0.15) is 6.61 Å². The lowest BCUT2D eigenvalue weighted by Crippen LogP contribution is -2.50. The van der Waals surface area contributed by atoms with Crippen molar-refractivity contribution in [1.82, 2.24) is 0 Å². The molecule has 0 spiro atoms. The van der Waals surface area contributed by atoms with Gasteiger partial charge < -0.3 is 10.2 Å². The molecule has 14 heavy (non-hydrogen) atoms. The first-order chi connectivity index (χ1) is 6.39. The summed E-state index contributed by atoms with van der Waals surface area (Å²) >= 11 is 0. The van der Waals surface area contributed by atoms with Crippen LogP contribution < -0.4 is 0 Å². The Bertz CT molecular complexity index is 257. The van der Waals surface area contributed by atoms with Crippen LogP contribution in [0.5, 0.6) is 0 Å². The van der Waals surface area contributed by atoms with Crippen molar-refractivity contribution in [3.63, 3.8) is 0 Å². The van der Waals surface area contributed by atoms with E-state index in [-0.39, 0.29) is 29.5 Å². The summed E-state index contributed by atoms with van der Waals surface area (Å²) in [6, 6.07) is 0. The largest absolute Gasteiger partial charge is 0.481 e. The van der Waals surface area contributed by atoms with E-state index >= 15 is 0 Å². The van der Waals surface area contributed by atoms with Gasteiger partial charge >= 0.3 is 5.97 Å². The molecule has 0 heterocycles. The number of Topliss-reactive ketones (excluding diaryl/α,β-unsaturated/α-hetero) is 1. The summed E-state index contributed by atoms with van der Waals surface area (Å²) in [5.74, 6) is -1.10. The molecule has 1 saturated carbocycles. The molecule has 0 saturated heterocycles. The van der Waals surface area contributed by atoms with Crippen LogP contribution in [0, 0.1) is 17.3 Å². The fourth-order valence-electron chi connectivity index (χ4n) is 2.23. The van der Waals surface area contributed by atoms with Crippen LogP contribution in [-0.2, 0) is 9.59 Å². The molecule has 2 unspecified atom stereocenters. The first-order valence-electron chi connectivity index (χ1n) is 4.75. The van der Waals surface area contributed by atoms with Gasteiger partial charge in [0, 0.05) is 12.3 Å². The molecular weight excluding hydrogens is 184 g/mol. The van der Waals surface area contributed by atoms with E-state index in [1.54, 1.807) is 0 Å². The summed E-state index contributed by atoms with van der Waals surface area (Å²) in [5.41, 5.74) is -0.280. The first kappa shape index (κ1) is 11.2. The number of aliphatic hydroxyl groups is 1. The molecule has 0 aliphatic heterocycles. The molecule has 1 rings (SSSR count). The number of aliphatic carboxylic acids is 1. The minimum absolute atomic E-state index is 0.0560. The number of ketones is 1. The maximum absolute atomic E-state index is 11.2. The number of carbonyl (C=O) groups is 2. The molecule has 0 aromatic carbocycles. The Labute approximate surface area is 82.9 Å². The van der Waals surface area contributed by atoms with Crippen molar-refractivity contribution in [2.75, 3.05) is 6.61 Å². The zero-order valence-corrected chi connectivity index (χ0v) is 8.49. The first-order valence-corrected chi connectivity index (χ1v) is 4.75. The Hall–Kier alpha value is -0.900. The lowest BCUT2D eigenvalue weighted by atomic mass is 9.52. The van der Waals surface area contributed by atoms with Crippen LogP contribution in [0.2, 0.25) is 0 Å². The van der Waals surface area contributed by atoms with E-state index < -0.39 is 12.6 Å². The van der Waals surface area contributed by atoms with Crippen molar-refractivity contribution in [3.8, 4) is 0 Å². The number of hydrogen-bond donors (Lipinski definition) is 2. The third-order valence-electron chi connectivity index (χ3n) is 3.44. The summed E-state index contributed by atoms with van der Waals surface area (Å²) in [6.45, 7) is 3.35. The fraction of sp³-hybridized carbons (Fsp3) is 0.800. The van der Waals surface area contributed by atoms with Crippen LogP contribution in [0.15, 0.2) is 0 Å². The van der Waals surface area contributed by atoms with Crippen molar-refractivity contribution >= 4 is 11.8 Å². The predicted molar refractivity (Wildman–Crippen MR) is 49.7 cm³/mol. The SMILES string of the molecule is CC1(C)C(CC(=O)O)CC1C(=O)CO. The molecule has 0 bridgehead atoms. The van der Waals surface area contributed by atoms with Crippen LogP contribution in [0.3, 0.4) is 0 Å². The molecule has 0 amide bonds. The molecular formula is C10H16O4. The van der Waals surface area contributed by atoms with E-state index in [0.29, 0.717) is 6.42 Å². The molecule has 1 aliphatic carbocycles. The Balaban J connectivity index is 2.58. The molecule has 2 N–H and O–H groups in total. The lowest BCUT2D eigenvalue weighted by molar-refractivity contribution is -0.151. The van der Waals surface area contributed by atoms with E-state index in [0.717, 1.165) is 0 Å². The summed E-state index contributed by atoms with van der Waals surface area (Å²) in [6.07, 6.45) is 0.709. The van der Waals surface area contributed by atoms with Crippen molar-refractivity contribution in [2.24, 2.45) is 17.3 Å². The second-order valence-electron chi connectivity index (χ2n) is 4.53. The quantitative estimate of drug-likeness (QED) is 0.700. The smallest absolute Gasteiger partial charge is 0.303 e. The summed E-state index contributed by atoms with van der Waals surface area (Å²) in [7, 11) is 0. The fourth-order valence-corrected chi connectivity index (χ4v) is 2.23. The Morgan fingerprint density at radius 2 is 2.00 bits per heavy atom. The van der Waals surface area contributed by atoms with Gasteiger partial charge in [-0.3, -0.25) is 9.59 Å². The van der Waals surface area contributed by atoms with E-state index in [1.165, 1.54) is 0 Å². The van der Waals surface area contributed by atoms with Crippen molar-refractivity contribution in [2.45, 2.75) is 26.7 Å². The highest BCUT2D eigenvalue weighted by molar-refractivity contribution is 5.84. The minimum Gasteiger partial charge on any atom is -0.481 e. The standard InChI is InChI=1S/C10H16O4/c1-10(2)6(4-9(13)14)3-7(10)8(12)5-11/h6-7,11H,3-5H2,1-2H3,(H,13,14). The van der Waals surface area contributed by atoms with Crippen LogP contribution in [0.1, 0.15) is 26.7 Å². The maximum Gasteiger partial charge on any atom is 0.303 e. The zero-order valence-electron chi connectivity index (χ0n) is 8.49. The number of carbonyl (C=O) groups excluding carboxylic acids is 1. The molecule has 2 atom stereocenters. The minimum atomic E-state index is -0.821. The van der Waals surface area contributed by atoms with E-state index in [1.807, 2.05) is 13.8 Å². The predicted octanol–water partition coefficient (Wildman–Crippen LogP) is 0.685. The number of aliphatic hydroxyl groups excluding tert-OH is 1. The molecule has 4 heteroatoms. The molecule has 1 aliphatic rings. The molecule has 0 aromatic rings. The number of carboxylic acid groups (broad SMARTS) is 1. The zero-order chi connectivity index (χ0) is 10.9. The number of hydrogen-bond acceptors (Lipinski definition) is 3. The summed E-state index contributed by atoms with van der Waals surface area (Å²) in [4.78, 5) is 21.7. The molecule has 4 nitrogen and oxygen atoms in total. The van der Waals surface area contributed by atoms with Gasteiger partial charge in [0.05, 0.1) is 0 Å². The Kier molecular flexibility index (Phi) is 2.95. The number of rotatable bonds is 4. The molecule has 1 fully saturated rings. The second-order valence-corrected chi connectivity index (χ2v) is 4.53. The number of carboxylic acids is 1. The van der Waals surface area contributed by atoms with Crippen molar-refractivity contribution in [3.05, 3.63) is 0 Å². The van der Waals surface area contributed by atoms with Crippen LogP contribution in [-0.4, -0.2) is 28.6 Å². The van der Waals surface area contributed by atoms with E-state index in [4.69, 9.17) is 10.2 Å². The van der Waals surface area contributed by atoms with E-state index in [2.05, 4.69) is 0 Å². The maximum atomic E-state index is 11.2. The van der Waals surface area contributed by atoms with Gasteiger partial charge in [-0.2, -0.15) is 0 Å². The van der Waals surface area contributed by atoms with E-state index in [9.17, 15) is 9.59 Å². The summed E-state index contributed by atoms with van der Waals surface area (Å²) in [5, 5.41) is 17.3. The third-order valence-corrected chi connectivity index (χ3v) is 3.44. The highest BCUT2D eigenvalue weighted by atomic mass is 16.4. The van der Waals surface area contributed by atoms with Crippen molar-refractivity contribution < 1.29 is 19.8 Å². The van der Waals surface area contributed by atoms with Gasteiger partial charge in [-0.25, -0.2) is 0 Å². The van der Waals surface area contributed by atoms with Gasteiger partial charge in [-0.1, -0.05) is 13.8 Å². The van der Waals surface area contributed by atoms with Crippen LogP contribution in [0.25, 0.3) is 0 Å². The van der Waals surface area contributed by atoms with Gasteiger partial charge in [0.15, 0.2) is 5.78 Å². The van der Waals surface area contributed by atoms with Gasteiger partial charge in [0.25, 0.3) is 0 Å². The monoisotopic (exact) mass is 200 g/mol. The lowest BCUT2D eigenvalue weighted by Gasteiger charge is -2.50. The molecule has 0 aromatic heterocycles. The molecule has 0 radical (unpaired) electrons. The Morgan fingerprint density at radius 3 is 2.36 bits per heavy atom. The normalized spacial score (nSPS) is 29.4. The Morgan fingerprint density at radius 1 is 1.43 bits per heavy atom. The summed E-state index contributed by atoms with van der Waals surface area (Å²) < 4.78 is 0. The van der Waals surface area contributed by atoms with Gasteiger partial charge in [-0.05, 0) is 17.8 Å². The van der Waals surface area contributed by atoms with Gasteiger partial charge in [-0.15, -0.1) is 0 Å². The van der Waals surface area contributed by atoms with Crippen LogP contribution >= 0.6 is 0 Å². The third kappa shape index (κ3) is 1.80. The van der Waals surface area contributed by atoms with Crippen molar-refractivity contribution in [1.29, 1.82) is 0 Å². The second kappa shape index (κ2) is 3.69. The molecule has 80 valence electrons. The highest BCUT2D eigenvalue weighted by Crippen LogP contribution is 2.53.